The van der Waals surface area contributed by atoms with Crippen molar-refractivity contribution in [1.82, 2.24) is 4.90 Å². The summed E-state index contributed by atoms with van der Waals surface area (Å²) in [5.74, 6) is 6.05. The summed E-state index contributed by atoms with van der Waals surface area (Å²) in [6.07, 6.45) is 4.82. The lowest BCUT2D eigenvalue weighted by Gasteiger charge is -2.25. The number of fused-ring (bicyclic) bond motifs is 1. The second-order valence-electron chi connectivity index (χ2n) is 7.73. The Morgan fingerprint density at radius 3 is 2.03 bits per heavy atom. The highest BCUT2D eigenvalue weighted by molar-refractivity contribution is 6.31. The van der Waals surface area contributed by atoms with Gasteiger partial charge in [0.2, 0.25) is 0 Å². The van der Waals surface area contributed by atoms with E-state index in [0.717, 1.165) is 25.2 Å². The SMILES string of the molecule is Cl.O=C1c2ccccc2C(=O)C1(C#CCCN1CCCCC1)Cc1ccccc1. The molecule has 0 bridgehead atoms. The summed E-state index contributed by atoms with van der Waals surface area (Å²) >= 11 is 0. The van der Waals surface area contributed by atoms with E-state index >= 15 is 0 Å². The molecule has 0 radical (unpaired) electrons. The zero-order valence-corrected chi connectivity index (χ0v) is 17.3. The van der Waals surface area contributed by atoms with Crippen LogP contribution in [0.15, 0.2) is 54.6 Å². The first kappa shape index (κ1) is 21.3. The quantitative estimate of drug-likeness (QED) is 0.549. The van der Waals surface area contributed by atoms with Crippen molar-refractivity contribution >= 4 is 24.0 Å². The molecule has 2 aromatic carbocycles. The predicted molar refractivity (Wildman–Crippen MR) is 118 cm³/mol. The molecule has 1 heterocycles. The number of hydrogen-bond donors (Lipinski definition) is 0. The lowest BCUT2D eigenvalue weighted by molar-refractivity contribution is 0.0770. The molecule has 0 N–H and O–H groups in total. The number of halogens is 1. The maximum atomic E-state index is 13.3. The maximum Gasteiger partial charge on any atom is 0.189 e. The first-order chi connectivity index (χ1) is 13.7. The normalized spacial score (nSPS) is 17.8. The van der Waals surface area contributed by atoms with Gasteiger partial charge in [0.1, 0.15) is 0 Å². The van der Waals surface area contributed by atoms with Gasteiger partial charge in [0.05, 0.1) is 0 Å². The number of likely N-dealkylation sites (tertiary alicyclic amines) is 1. The number of hydrogen-bond acceptors (Lipinski definition) is 3. The predicted octanol–water partition coefficient (Wildman–Crippen LogP) is 4.60. The number of carbonyl (C=O) groups is 2. The fourth-order valence-electron chi connectivity index (χ4n) is 4.27. The molecule has 1 aliphatic carbocycles. The fourth-order valence-corrected chi connectivity index (χ4v) is 4.27. The van der Waals surface area contributed by atoms with Gasteiger partial charge in [-0.25, -0.2) is 0 Å². The minimum Gasteiger partial charge on any atom is -0.302 e. The first-order valence-electron chi connectivity index (χ1n) is 10.2. The third-order valence-corrected chi connectivity index (χ3v) is 5.81. The molecule has 0 atom stereocenters. The van der Waals surface area contributed by atoms with E-state index < -0.39 is 5.41 Å². The number of piperidine rings is 1. The molecule has 29 heavy (non-hydrogen) atoms. The minimum atomic E-state index is -1.28. The van der Waals surface area contributed by atoms with Crippen molar-refractivity contribution in [1.29, 1.82) is 0 Å². The van der Waals surface area contributed by atoms with Crippen LogP contribution in [0.1, 0.15) is 52.0 Å². The number of nitrogens with zero attached hydrogens (tertiary/aromatic N) is 1. The van der Waals surface area contributed by atoms with Crippen LogP contribution in [0.3, 0.4) is 0 Å². The van der Waals surface area contributed by atoms with E-state index in [1.165, 1.54) is 19.3 Å². The molecule has 0 aromatic heterocycles. The number of carbonyl (C=O) groups excluding carboxylic acids is 2. The zero-order chi connectivity index (χ0) is 19.4. The number of ketones is 2. The summed E-state index contributed by atoms with van der Waals surface area (Å²) in [5.41, 5.74) is 0.692. The van der Waals surface area contributed by atoms with Crippen molar-refractivity contribution in [3.8, 4) is 11.8 Å². The summed E-state index contributed by atoms with van der Waals surface area (Å²) in [7, 11) is 0. The van der Waals surface area contributed by atoms with Gasteiger partial charge in [-0.2, -0.15) is 0 Å². The van der Waals surface area contributed by atoms with E-state index in [1.54, 1.807) is 12.1 Å². The van der Waals surface area contributed by atoms with Crippen molar-refractivity contribution < 1.29 is 9.59 Å². The van der Waals surface area contributed by atoms with Gasteiger partial charge >= 0.3 is 0 Å². The van der Waals surface area contributed by atoms with E-state index in [-0.39, 0.29) is 24.0 Å². The van der Waals surface area contributed by atoms with Crippen LogP contribution < -0.4 is 0 Å². The van der Waals surface area contributed by atoms with E-state index in [2.05, 4.69) is 16.7 Å². The van der Waals surface area contributed by atoms with Gasteiger partial charge in [0.25, 0.3) is 0 Å². The van der Waals surface area contributed by atoms with Gasteiger partial charge in [-0.05, 0) is 31.5 Å². The maximum absolute atomic E-state index is 13.3. The van der Waals surface area contributed by atoms with Crippen LogP contribution in [0, 0.1) is 17.3 Å². The largest absolute Gasteiger partial charge is 0.302 e. The van der Waals surface area contributed by atoms with Gasteiger partial charge in [0.15, 0.2) is 17.0 Å². The lowest BCUT2D eigenvalue weighted by Crippen LogP contribution is -2.34. The van der Waals surface area contributed by atoms with Crippen LogP contribution in [0.2, 0.25) is 0 Å². The molecular weight excluding hydrogens is 382 g/mol. The van der Waals surface area contributed by atoms with Crippen molar-refractivity contribution in [2.75, 3.05) is 19.6 Å². The molecule has 4 heteroatoms. The third-order valence-electron chi connectivity index (χ3n) is 5.81. The summed E-state index contributed by atoms with van der Waals surface area (Å²) in [6, 6.07) is 16.8. The molecule has 1 saturated heterocycles. The average molecular weight is 408 g/mol. The number of rotatable bonds is 4. The van der Waals surface area contributed by atoms with Gasteiger partial charge < -0.3 is 4.90 Å². The molecule has 0 saturated carbocycles. The molecule has 0 unspecified atom stereocenters. The standard InChI is InChI=1S/C25H25NO2.ClH/c27-23-21-13-5-6-14-22(21)24(28)25(23,19-20-11-3-1-4-12-20)15-7-10-18-26-16-8-2-9-17-26;/h1,3-6,11-14H,2,8-10,16-19H2;1H. The summed E-state index contributed by atoms with van der Waals surface area (Å²) in [5, 5.41) is 0. The molecule has 3 nitrogen and oxygen atoms in total. The molecule has 0 spiro atoms. The van der Waals surface area contributed by atoms with Crippen molar-refractivity contribution in [2.24, 2.45) is 5.41 Å². The fraction of sp³-hybridized carbons (Fsp3) is 0.360. The van der Waals surface area contributed by atoms with Crippen LogP contribution in [0.5, 0.6) is 0 Å². The number of Topliss-reactive ketones (excluding diaryl/α,β-unsaturated/α-hetero) is 2. The Morgan fingerprint density at radius 2 is 1.41 bits per heavy atom. The Kier molecular flexibility index (Phi) is 6.90. The highest BCUT2D eigenvalue weighted by Crippen LogP contribution is 2.39. The second-order valence-corrected chi connectivity index (χ2v) is 7.73. The highest BCUT2D eigenvalue weighted by atomic mass is 35.5. The van der Waals surface area contributed by atoms with Crippen LogP contribution in [0.4, 0.5) is 0 Å². The van der Waals surface area contributed by atoms with Crippen molar-refractivity contribution in [3.05, 3.63) is 71.3 Å². The lowest BCUT2D eigenvalue weighted by atomic mass is 9.77. The smallest absolute Gasteiger partial charge is 0.189 e. The molecule has 1 fully saturated rings. The molecule has 2 aliphatic rings. The summed E-state index contributed by atoms with van der Waals surface area (Å²) < 4.78 is 0. The molecule has 150 valence electrons. The first-order valence-corrected chi connectivity index (χ1v) is 10.2. The molecule has 0 amide bonds. The third kappa shape index (κ3) is 4.29. The minimum absolute atomic E-state index is 0. The summed E-state index contributed by atoms with van der Waals surface area (Å²) in [4.78, 5) is 29.0. The van der Waals surface area contributed by atoms with Gasteiger partial charge in [-0.1, -0.05) is 66.9 Å². The Hall–Kier alpha value is -2.41. The Morgan fingerprint density at radius 1 is 0.828 bits per heavy atom. The Balaban J connectivity index is 0.00000240. The van der Waals surface area contributed by atoms with Crippen LogP contribution in [-0.2, 0) is 6.42 Å². The topological polar surface area (TPSA) is 37.4 Å². The number of benzene rings is 2. The Bertz CT molecular complexity index is 901. The van der Waals surface area contributed by atoms with Crippen molar-refractivity contribution in [3.63, 3.8) is 0 Å². The average Bonchev–Trinajstić information content (AvgIpc) is 2.95. The van der Waals surface area contributed by atoms with Gasteiger partial charge in [-0.3, -0.25) is 9.59 Å². The molecule has 1 aliphatic heterocycles. The second kappa shape index (κ2) is 9.39. The molecule has 4 rings (SSSR count). The Labute approximate surface area is 178 Å². The molecular formula is C25H26ClNO2. The molecule has 2 aromatic rings. The van der Waals surface area contributed by atoms with Crippen LogP contribution >= 0.6 is 12.4 Å². The van der Waals surface area contributed by atoms with E-state index in [9.17, 15) is 9.59 Å². The van der Waals surface area contributed by atoms with Crippen LogP contribution in [-0.4, -0.2) is 36.1 Å². The van der Waals surface area contributed by atoms with Gasteiger partial charge in [-0.15, -0.1) is 18.3 Å². The zero-order valence-electron chi connectivity index (χ0n) is 16.5. The highest BCUT2D eigenvalue weighted by Gasteiger charge is 2.51. The monoisotopic (exact) mass is 407 g/mol. The van der Waals surface area contributed by atoms with Crippen LogP contribution in [0.25, 0.3) is 0 Å². The van der Waals surface area contributed by atoms with Crippen molar-refractivity contribution in [2.45, 2.75) is 32.1 Å². The van der Waals surface area contributed by atoms with E-state index in [0.29, 0.717) is 24.0 Å². The van der Waals surface area contributed by atoms with Gasteiger partial charge in [0, 0.05) is 30.5 Å². The van der Waals surface area contributed by atoms with E-state index in [1.807, 2.05) is 42.5 Å². The summed E-state index contributed by atoms with van der Waals surface area (Å²) in [6.45, 7) is 3.16. The van der Waals surface area contributed by atoms with E-state index in [4.69, 9.17) is 0 Å².